The van der Waals surface area contributed by atoms with Gasteiger partial charge in [0.15, 0.2) is 0 Å². The van der Waals surface area contributed by atoms with Gasteiger partial charge in [-0.1, -0.05) is 0 Å². The van der Waals surface area contributed by atoms with Gasteiger partial charge in [-0.05, 0) is 0 Å². The summed E-state index contributed by atoms with van der Waals surface area (Å²) >= 11 is -0.424. The summed E-state index contributed by atoms with van der Waals surface area (Å²) in [7, 11) is 0. The molecule has 0 saturated heterocycles. The van der Waals surface area contributed by atoms with Crippen molar-refractivity contribution in [3.63, 3.8) is 0 Å². The van der Waals surface area contributed by atoms with Crippen LogP contribution in [0.15, 0.2) is 22.8 Å². The average molecular weight is 451 g/mol. The number of halogens is 1. The second kappa shape index (κ2) is 9.70. The predicted octanol–water partition coefficient (Wildman–Crippen LogP) is 1.86. The van der Waals surface area contributed by atoms with Crippen LogP contribution in [0.5, 0.6) is 0 Å². The predicted molar refractivity (Wildman–Crippen MR) is 96.3 cm³/mol. The summed E-state index contributed by atoms with van der Waals surface area (Å²) in [6, 6.07) is 0. The third-order valence-corrected chi connectivity index (χ3v) is 6.52. The molecule has 1 aliphatic carbocycles. The average Bonchev–Trinajstić information content (AvgIpc) is 2.50. The van der Waals surface area contributed by atoms with Gasteiger partial charge in [0.05, 0.1) is 0 Å². The standard InChI is InChI=1S/C20H36IO3/c1-8-10-17(14-23-9-2)16-11-12-19(4,5)18(13-16)15(3)20(6,22)24-21-7/h10,16,22H,8-9,11-14H2,1-7H3/q-1/b17-10-,18-15+. The number of aliphatic hydroxyl groups is 1. The molecule has 3 nitrogen and oxygen atoms in total. The monoisotopic (exact) mass is 451 g/mol. The summed E-state index contributed by atoms with van der Waals surface area (Å²) in [5, 5.41) is 10.7. The molecule has 0 aliphatic heterocycles. The molecule has 142 valence electrons. The van der Waals surface area contributed by atoms with Gasteiger partial charge in [-0.2, -0.15) is 0 Å². The van der Waals surface area contributed by atoms with Gasteiger partial charge in [-0.3, -0.25) is 0 Å². The van der Waals surface area contributed by atoms with Crippen LogP contribution in [0.2, 0.25) is 0 Å². The van der Waals surface area contributed by atoms with E-state index in [0.717, 1.165) is 38.0 Å². The fourth-order valence-electron chi connectivity index (χ4n) is 3.60. The van der Waals surface area contributed by atoms with Crippen LogP contribution in [0, 0.1) is 11.3 Å². The summed E-state index contributed by atoms with van der Waals surface area (Å²) in [6.45, 7) is 14.1. The zero-order valence-corrected chi connectivity index (χ0v) is 18.7. The number of hydrogen-bond donors (Lipinski definition) is 1. The number of hydrogen-bond acceptors (Lipinski definition) is 3. The quantitative estimate of drug-likeness (QED) is 0.265. The number of rotatable bonds is 8. The van der Waals surface area contributed by atoms with Crippen LogP contribution in [0.3, 0.4) is 0 Å². The molecule has 0 aromatic heterocycles. The molecular weight excluding hydrogens is 415 g/mol. The fraction of sp³-hybridized carbons (Fsp3) is 0.800. The van der Waals surface area contributed by atoms with Gasteiger partial charge < -0.3 is 0 Å². The first kappa shape index (κ1) is 22.1. The number of allylic oxidation sites excluding steroid dienone is 2. The van der Waals surface area contributed by atoms with Gasteiger partial charge in [-0.15, -0.1) is 0 Å². The Balaban J connectivity index is 3.12. The SMILES string of the molecule is CC/C=C(/COCC)C1CCC(C)(C)/C(=C(\C)C(C)(O)O[I-]C)C1. The van der Waals surface area contributed by atoms with Crippen molar-refractivity contribution in [2.24, 2.45) is 11.3 Å². The zero-order valence-electron chi connectivity index (χ0n) is 16.5. The second-order valence-corrected chi connectivity index (χ2v) is 8.79. The van der Waals surface area contributed by atoms with Gasteiger partial charge in [-0.25, -0.2) is 0 Å². The molecule has 0 spiro atoms. The fourth-order valence-corrected chi connectivity index (χ4v) is 4.79. The van der Waals surface area contributed by atoms with Gasteiger partial charge >= 0.3 is 160 Å². The first-order valence-corrected chi connectivity index (χ1v) is 12.1. The van der Waals surface area contributed by atoms with Crippen molar-refractivity contribution in [3.05, 3.63) is 22.8 Å². The van der Waals surface area contributed by atoms with E-state index < -0.39 is 27.4 Å². The molecule has 24 heavy (non-hydrogen) atoms. The Morgan fingerprint density at radius 2 is 2.08 bits per heavy atom. The Bertz CT molecular complexity index is 464. The van der Waals surface area contributed by atoms with Crippen LogP contribution in [-0.4, -0.2) is 29.0 Å². The molecule has 1 rings (SSSR count). The molecule has 0 bridgehead atoms. The molecule has 4 heteroatoms. The molecule has 2 atom stereocenters. The van der Waals surface area contributed by atoms with E-state index in [2.05, 4.69) is 26.8 Å². The summed E-state index contributed by atoms with van der Waals surface area (Å²) in [5.74, 6) is -0.618. The molecule has 0 radical (unpaired) electrons. The van der Waals surface area contributed by atoms with Crippen molar-refractivity contribution < 1.29 is 34.5 Å². The molecule has 1 N–H and O–H groups in total. The van der Waals surface area contributed by atoms with E-state index >= 15 is 0 Å². The second-order valence-electron chi connectivity index (χ2n) is 7.47. The Hall–Kier alpha value is 0.0900. The first-order chi connectivity index (χ1) is 11.2. The third-order valence-electron chi connectivity index (χ3n) is 5.22. The van der Waals surface area contributed by atoms with E-state index in [1.54, 1.807) is 6.92 Å². The molecule has 1 fully saturated rings. The zero-order chi connectivity index (χ0) is 18.4. The van der Waals surface area contributed by atoms with Crippen molar-refractivity contribution in [1.82, 2.24) is 0 Å². The minimum absolute atomic E-state index is 0.114. The Morgan fingerprint density at radius 1 is 1.42 bits per heavy atom. The van der Waals surface area contributed by atoms with Crippen LogP contribution in [-0.2, 0) is 7.80 Å². The van der Waals surface area contributed by atoms with Crippen LogP contribution in [0.25, 0.3) is 0 Å². The van der Waals surface area contributed by atoms with Gasteiger partial charge in [0.1, 0.15) is 0 Å². The van der Waals surface area contributed by atoms with Crippen LogP contribution < -0.4 is 21.6 Å². The molecule has 0 amide bonds. The third kappa shape index (κ3) is 5.82. The summed E-state index contributed by atoms with van der Waals surface area (Å²) < 4.78 is 11.4. The van der Waals surface area contributed by atoms with E-state index in [9.17, 15) is 5.11 Å². The molecule has 1 aliphatic rings. The van der Waals surface area contributed by atoms with Crippen LogP contribution in [0.4, 0.5) is 0 Å². The molecule has 1 saturated carbocycles. The van der Waals surface area contributed by atoms with E-state index in [1.165, 1.54) is 17.6 Å². The van der Waals surface area contributed by atoms with E-state index in [-0.39, 0.29) is 5.41 Å². The van der Waals surface area contributed by atoms with Crippen LogP contribution >= 0.6 is 0 Å². The van der Waals surface area contributed by atoms with E-state index in [1.807, 2.05) is 18.8 Å². The van der Waals surface area contributed by atoms with E-state index in [0.29, 0.717) is 5.92 Å². The Labute approximate surface area is 159 Å². The summed E-state index contributed by atoms with van der Waals surface area (Å²) in [5.41, 5.74) is 3.90. The van der Waals surface area contributed by atoms with Gasteiger partial charge in [0.25, 0.3) is 0 Å². The Kier molecular flexibility index (Phi) is 8.94. The van der Waals surface area contributed by atoms with Crippen molar-refractivity contribution in [1.29, 1.82) is 0 Å². The topological polar surface area (TPSA) is 38.7 Å². The van der Waals surface area contributed by atoms with Crippen molar-refractivity contribution in [2.45, 2.75) is 73.0 Å². The van der Waals surface area contributed by atoms with E-state index in [4.69, 9.17) is 7.80 Å². The molecule has 2 unspecified atom stereocenters. The maximum absolute atomic E-state index is 10.7. The van der Waals surface area contributed by atoms with Crippen molar-refractivity contribution >= 4 is 0 Å². The summed E-state index contributed by atoms with van der Waals surface area (Å²) in [4.78, 5) is 2.03. The normalized spacial score (nSPS) is 26.3. The van der Waals surface area contributed by atoms with Crippen molar-refractivity contribution in [2.75, 3.05) is 18.1 Å². The molecule has 0 aromatic rings. The molecular formula is C20H36IO3-. The summed E-state index contributed by atoms with van der Waals surface area (Å²) in [6.07, 6.45) is 6.69. The molecule has 0 heterocycles. The minimum atomic E-state index is -1.13. The Morgan fingerprint density at radius 3 is 2.62 bits per heavy atom. The van der Waals surface area contributed by atoms with Gasteiger partial charge in [0.2, 0.25) is 0 Å². The first-order valence-electron chi connectivity index (χ1n) is 9.06. The molecule has 0 aromatic carbocycles. The van der Waals surface area contributed by atoms with Crippen LogP contribution in [0.1, 0.15) is 67.2 Å². The van der Waals surface area contributed by atoms with Gasteiger partial charge in [0, 0.05) is 0 Å². The maximum atomic E-state index is 10.7. The number of alkyl halides is 1. The number of ether oxygens (including phenoxy) is 1. The van der Waals surface area contributed by atoms with Crippen molar-refractivity contribution in [3.8, 4) is 0 Å².